The summed E-state index contributed by atoms with van der Waals surface area (Å²) in [5.41, 5.74) is 0.374. The van der Waals surface area contributed by atoms with Gasteiger partial charge in [-0.1, -0.05) is 19.9 Å². The molecule has 0 atom stereocenters. The molecule has 1 aromatic heterocycles. The van der Waals surface area contributed by atoms with Crippen LogP contribution in [0.15, 0.2) is 18.2 Å². The number of hydrogen-bond acceptors (Lipinski definition) is 3. The van der Waals surface area contributed by atoms with Gasteiger partial charge in [0.25, 0.3) is 0 Å². The summed E-state index contributed by atoms with van der Waals surface area (Å²) in [5, 5.41) is 8.39. The van der Waals surface area contributed by atoms with E-state index in [9.17, 15) is 0 Å². The Bertz CT molecular complexity index is 265. The Balaban J connectivity index is 0.000000561. The molecule has 0 fully saturated rings. The lowest BCUT2D eigenvalue weighted by molar-refractivity contribution is 0.397. The molecule has 0 amide bonds. The van der Waals surface area contributed by atoms with Crippen molar-refractivity contribution in [3.05, 3.63) is 23.9 Å². The second-order valence-corrected chi connectivity index (χ2v) is 1.68. The van der Waals surface area contributed by atoms with Gasteiger partial charge in [-0.15, -0.1) is 0 Å². The molecule has 1 heterocycles. The van der Waals surface area contributed by atoms with Crippen molar-refractivity contribution in [2.75, 3.05) is 7.11 Å². The van der Waals surface area contributed by atoms with E-state index < -0.39 is 0 Å². The molecule has 0 N–H and O–H groups in total. The van der Waals surface area contributed by atoms with Crippen molar-refractivity contribution in [2.24, 2.45) is 0 Å². The Morgan fingerprint density at radius 3 is 2.58 bits per heavy atom. The van der Waals surface area contributed by atoms with Gasteiger partial charge in [0.05, 0.1) is 7.11 Å². The summed E-state index contributed by atoms with van der Waals surface area (Å²) in [4.78, 5) is 3.83. The zero-order valence-corrected chi connectivity index (χ0v) is 7.53. The number of nitriles is 1. The van der Waals surface area contributed by atoms with Crippen LogP contribution >= 0.6 is 0 Å². The normalized spacial score (nSPS) is 7.50. The average Bonchev–Trinajstić information content (AvgIpc) is 2.21. The van der Waals surface area contributed by atoms with Gasteiger partial charge in [-0.05, 0) is 6.07 Å². The average molecular weight is 164 g/mol. The van der Waals surface area contributed by atoms with Crippen molar-refractivity contribution in [3.8, 4) is 11.9 Å². The van der Waals surface area contributed by atoms with Crippen LogP contribution in [0.3, 0.4) is 0 Å². The highest BCUT2D eigenvalue weighted by molar-refractivity contribution is 5.24. The topological polar surface area (TPSA) is 45.9 Å². The molecule has 0 saturated carbocycles. The highest BCUT2D eigenvalue weighted by atomic mass is 16.5. The molecular weight excluding hydrogens is 152 g/mol. The molecule has 0 aliphatic carbocycles. The Kier molecular flexibility index (Phi) is 5.37. The fraction of sp³-hybridized carbons (Fsp3) is 0.333. The Labute approximate surface area is 72.6 Å². The summed E-state index contributed by atoms with van der Waals surface area (Å²) in [7, 11) is 1.52. The van der Waals surface area contributed by atoms with Gasteiger partial charge in [0.1, 0.15) is 11.8 Å². The fourth-order valence-electron chi connectivity index (χ4n) is 0.591. The van der Waals surface area contributed by atoms with Gasteiger partial charge in [0.2, 0.25) is 5.88 Å². The molecule has 0 unspecified atom stereocenters. The minimum absolute atomic E-state index is 0.374. The van der Waals surface area contributed by atoms with E-state index >= 15 is 0 Å². The molecule has 12 heavy (non-hydrogen) atoms. The minimum atomic E-state index is 0.374. The van der Waals surface area contributed by atoms with E-state index in [1.54, 1.807) is 18.2 Å². The van der Waals surface area contributed by atoms with Crippen LogP contribution in [0.25, 0.3) is 0 Å². The molecule has 1 rings (SSSR count). The van der Waals surface area contributed by atoms with E-state index in [0.717, 1.165) is 0 Å². The molecule has 3 heteroatoms. The summed E-state index contributed by atoms with van der Waals surface area (Å²) in [6.45, 7) is 4.00. The standard InChI is InChI=1S/C7H6N2O.C2H6/c1-10-7-4-2-3-6(5-8)9-7;1-2/h2-4H,1H3;1-2H3. The maximum Gasteiger partial charge on any atom is 0.214 e. The van der Waals surface area contributed by atoms with Crippen molar-refractivity contribution < 1.29 is 4.74 Å². The highest BCUT2D eigenvalue weighted by Crippen LogP contribution is 2.04. The van der Waals surface area contributed by atoms with Crippen molar-refractivity contribution >= 4 is 0 Å². The van der Waals surface area contributed by atoms with Crippen LogP contribution in [-0.2, 0) is 0 Å². The van der Waals surface area contributed by atoms with Crippen LogP contribution in [0, 0.1) is 11.3 Å². The maximum absolute atomic E-state index is 8.39. The minimum Gasteiger partial charge on any atom is -0.481 e. The number of aromatic nitrogens is 1. The fourth-order valence-corrected chi connectivity index (χ4v) is 0.591. The molecule has 0 radical (unpaired) electrons. The van der Waals surface area contributed by atoms with Crippen LogP contribution in [0.1, 0.15) is 19.5 Å². The number of nitrogens with zero attached hydrogens (tertiary/aromatic N) is 2. The monoisotopic (exact) mass is 164 g/mol. The van der Waals surface area contributed by atoms with Crippen LogP contribution < -0.4 is 4.74 Å². The van der Waals surface area contributed by atoms with Gasteiger partial charge in [0, 0.05) is 6.07 Å². The van der Waals surface area contributed by atoms with Crippen molar-refractivity contribution in [1.29, 1.82) is 5.26 Å². The van der Waals surface area contributed by atoms with Gasteiger partial charge in [-0.2, -0.15) is 5.26 Å². The largest absolute Gasteiger partial charge is 0.481 e. The number of pyridine rings is 1. The second kappa shape index (κ2) is 6.17. The SMILES string of the molecule is CC.COc1cccc(C#N)n1. The molecule has 0 saturated heterocycles. The number of methoxy groups -OCH3 is 1. The van der Waals surface area contributed by atoms with E-state index in [1.807, 2.05) is 19.9 Å². The molecule has 0 bridgehead atoms. The van der Waals surface area contributed by atoms with Crippen LogP contribution in [0.4, 0.5) is 0 Å². The summed E-state index contributed by atoms with van der Waals surface area (Å²) < 4.78 is 4.79. The second-order valence-electron chi connectivity index (χ2n) is 1.68. The zero-order valence-electron chi connectivity index (χ0n) is 7.53. The molecule has 0 aromatic carbocycles. The number of hydrogen-bond donors (Lipinski definition) is 0. The summed E-state index contributed by atoms with van der Waals surface area (Å²) in [6.07, 6.45) is 0. The van der Waals surface area contributed by atoms with Crippen LogP contribution in [-0.4, -0.2) is 12.1 Å². The smallest absolute Gasteiger partial charge is 0.214 e. The first kappa shape index (κ1) is 10.4. The van der Waals surface area contributed by atoms with E-state index in [0.29, 0.717) is 11.6 Å². The van der Waals surface area contributed by atoms with Gasteiger partial charge in [0.15, 0.2) is 0 Å². The Hall–Kier alpha value is -1.56. The Morgan fingerprint density at radius 1 is 1.42 bits per heavy atom. The lowest BCUT2D eigenvalue weighted by Gasteiger charge is -1.95. The first-order chi connectivity index (χ1) is 5.86. The van der Waals surface area contributed by atoms with Gasteiger partial charge in [-0.25, -0.2) is 4.98 Å². The molecule has 0 aliphatic rings. The highest BCUT2D eigenvalue weighted by Gasteiger charge is 1.92. The quantitative estimate of drug-likeness (QED) is 0.637. The molecule has 1 aromatic rings. The lowest BCUT2D eigenvalue weighted by atomic mass is 10.4. The molecule has 0 spiro atoms. The predicted molar refractivity (Wildman–Crippen MR) is 46.9 cm³/mol. The number of ether oxygens (including phenoxy) is 1. The number of rotatable bonds is 1. The summed E-state index contributed by atoms with van der Waals surface area (Å²) in [5.74, 6) is 0.471. The van der Waals surface area contributed by atoms with Crippen molar-refractivity contribution in [3.63, 3.8) is 0 Å². The third kappa shape index (κ3) is 3.02. The van der Waals surface area contributed by atoms with E-state index in [2.05, 4.69) is 4.98 Å². The molecule has 3 nitrogen and oxygen atoms in total. The van der Waals surface area contributed by atoms with Gasteiger partial charge >= 0.3 is 0 Å². The molecular formula is C9H12N2O. The summed E-state index contributed by atoms with van der Waals surface area (Å²) >= 11 is 0. The molecule has 0 aliphatic heterocycles. The molecule has 64 valence electrons. The third-order valence-corrected chi connectivity index (χ3v) is 1.05. The maximum atomic E-state index is 8.39. The van der Waals surface area contributed by atoms with E-state index in [4.69, 9.17) is 10.00 Å². The third-order valence-electron chi connectivity index (χ3n) is 1.05. The van der Waals surface area contributed by atoms with Crippen LogP contribution in [0.5, 0.6) is 5.88 Å². The first-order valence-corrected chi connectivity index (χ1v) is 3.78. The van der Waals surface area contributed by atoms with Crippen molar-refractivity contribution in [1.82, 2.24) is 4.98 Å². The first-order valence-electron chi connectivity index (χ1n) is 3.78. The van der Waals surface area contributed by atoms with E-state index in [-0.39, 0.29) is 0 Å². The Morgan fingerprint density at radius 2 is 2.08 bits per heavy atom. The predicted octanol–water partition coefficient (Wildman–Crippen LogP) is 1.99. The van der Waals surface area contributed by atoms with Gasteiger partial charge < -0.3 is 4.74 Å². The lowest BCUT2D eigenvalue weighted by Crippen LogP contribution is -1.88. The van der Waals surface area contributed by atoms with Crippen LogP contribution in [0.2, 0.25) is 0 Å². The van der Waals surface area contributed by atoms with Gasteiger partial charge in [-0.3, -0.25) is 0 Å². The summed E-state index contributed by atoms with van der Waals surface area (Å²) in [6, 6.07) is 6.96. The van der Waals surface area contributed by atoms with E-state index in [1.165, 1.54) is 7.11 Å². The zero-order chi connectivity index (χ0) is 9.40. The van der Waals surface area contributed by atoms with Crippen molar-refractivity contribution in [2.45, 2.75) is 13.8 Å².